The van der Waals surface area contributed by atoms with Crippen LogP contribution in [0.15, 0.2) is 33.5 Å². The first-order valence-electron chi connectivity index (χ1n) is 20.0. The van der Waals surface area contributed by atoms with Gasteiger partial charge in [0.2, 0.25) is 0 Å². The summed E-state index contributed by atoms with van der Waals surface area (Å²) in [6.07, 6.45) is 25.6. The van der Waals surface area contributed by atoms with Gasteiger partial charge in [-0.05, 0) is 43.9 Å². The summed E-state index contributed by atoms with van der Waals surface area (Å²) < 4.78 is 28.3. The minimum atomic E-state index is -0.467. The highest BCUT2D eigenvalue weighted by Crippen LogP contribution is 2.23. The van der Waals surface area contributed by atoms with Crippen LogP contribution in [0.4, 0.5) is 0 Å². The van der Waals surface area contributed by atoms with Gasteiger partial charge in [0.25, 0.3) is 0 Å². The van der Waals surface area contributed by atoms with E-state index in [-0.39, 0.29) is 31.5 Å². The number of carbonyl (C=O) groups is 2. The maximum absolute atomic E-state index is 12.5. The third-order valence-corrected chi connectivity index (χ3v) is 9.14. The molecule has 8 nitrogen and oxygen atoms in total. The van der Waals surface area contributed by atoms with Crippen molar-refractivity contribution in [2.75, 3.05) is 26.4 Å². The van der Waals surface area contributed by atoms with Gasteiger partial charge < -0.3 is 23.4 Å². The highest BCUT2D eigenvalue weighted by atomic mass is 16.6. The van der Waals surface area contributed by atoms with Crippen molar-refractivity contribution in [3.63, 3.8) is 0 Å². The lowest BCUT2D eigenvalue weighted by Crippen LogP contribution is -2.28. The largest absolute Gasteiger partial charge is 0.463 e. The average molecular weight is 701 g/mol. The molecule has 0 spiro atoms. The molecule has 1 aromatic heterocycles. The van der Waals surface area contributed by atoms with Gasteiger partial charge in [-0.2, -0.15) is 0 Å². The lowest BCUT2D eigenvalue weighted by molar-refractivity contribution is -0.150. The lowest BCUT2D eigenvalue weighted by Gasteiger charge is -2.18. The molecule has 1 heterocycles. The summed E-state index contributed by atoms with van der Waals surface area (Å²) in [5, 5.41) is 0.780. The monoisotopic (exact) mass is 700 g/mol. The van der Waals surface area contributed by atoms with E-state index in [0.29, 0.717) is 37.6 Å². The van der Waals surface area contributed by atoms with Gasteiger partial charge in [0, 0.05) is 43.6 Å². The van der Waals surface area contributed by atoms with Crippen LogP contribution in [0.25, 0.3) is 11.0 Å². The van der Waals surface area contributed by atoms with Crippen molar-refractivity contribution in [3.05, 3.63) is 40.2 Å². The number of aryl methyl sites for hydroxylation is 1. The quantitative estimate of drug-likeness (QED) is 0.0322. The normalized spacial score (nSPS) is 12.0. The van der Waals surface area contributed by atoms with Crippen molar-refractivity contribution in [2.45, 2.75) is 175 Å². The number of benzene rings is 1. The molecular weight excluding hydrogens is 632 g/mol. The summed E-state index contributed by atoms with van der Waals surface area (Å²) in [5.74, 6) is -0.549. The molecule has 1 atom stereocenters. The van der Waals surface area contributed by atoms with Gasteiger partial charge in [-0.3, -0.25) is 9.59 Å². The highest BCUT2D eigenvalue weighted by Gasteiger charge is 2.15. The van der Waals surface area contributed by atoms with Crippen LogP contribution in [0.1, 0.15) is 167 Å². The second kappa shape index (κ2) is 28.9. The van der Waals surface area contributed by atoms with E-state index < -0.39 is 11.6 Å². The second-order valence-electron chi connectivity index (χ2n) is 13.8. The number of ether oxygens (including phenoxy) is 4. The minimum Gasteiger partial charge on any atom is -0.463 e. The van der Waals surface area contributed by atoms with Gasteiger partial charge in [-0.15, -0.1) is 0 Å². The fourth-order valence-corrected chi connectivity index (χ4v) is 6.08. The Morgan fingerprint density at radius 1 is 0.640 bits per heavy atom. The smallest absolute Gasteiger partial charge is 0.336 e. The number of rotatable bonds is 32. The summed E-state index contributed by atoms with van der Waals surface area (Å²) in [7, 11) is 0. The van der Waals surface area contributed by atoms with Gasteiger partial charge in [0.1, 0.15) is 24.0 Å². The molecule has 0 amide bonds. The Labute approximate surface area is 302 Å². The van der Waals surface area contributed by atoms with E-state index in [1.807, 2.05) is 6.92 Å². The number of hydrogen-bond donors (Lipinski definition) is 0. The fraction of sp³-hybridized carbons (Fsp3) is 0.738. The van der Waals surface area contributed by atoms with Crippen molar-refractivity contribution in [2.24, 2.45) is 0 Å². The molecule has 2 rings (SSSR count). The molecule has 8 heteroatoms. The van der Waals surface area contributed by atoms with E-state index in [1.165, 1.54) is 121 Å². The highest BCUT2D eigenvalue weighted by molar-refractivity contribution is 5.82. The first-order chi connectivity index (χ1) is 24.4. The number of carbonyl (C=O) groups excluding carboxylic acids is 2. The maximum Gasteiger partial charge on any atom is 0.336 e. The maximum atomic E-state index is 12.5. The Hall–Kier alpha value is -2.71. The van der Waals surface area contributed by atoms with E-state index in [1.54, 1.807) is 12.1 Å². The second-order valence-corrected chi connectivity index (χ2v) is 13.8. The molecule has 1 unspecified atom stereocenters. The molecule has 284 valence electrons. The molecule has 1 aromatic carbocycles. The van der Waals surface area contributed by atoms with E-state index in [9.17, 15) is 14.4 Å². The first kappa shape index (κ1) is 43.5. The van der Waals surface area contributed by atoms with Crippen LogP contribution in [0.2, 0.25) is 0 Å². The Morgan fingerprint density at radius 3 is 1.78 bits per heavy atom. The molecule has 0 saturated heterocycles. The van der Waals surface area contributed by atoms with Crippen molar-refractivity contribution in [1.29, 1.82) is 0 Å². The summed E-state index contributed by atoms with van der Waals surface area (Å²) in [5.41, 5.74) is 0.699. The minimum absolute atomic E-state index is 0.0611. The lowest BCUT2D eigenvalue weighted by atomic mass is 10.1. The zero-order valence-corrected chi connectivity index (χ0v) is 31.7. The molecular formula is C42H68O8. The number of fused-ring (bicyclic) bond motifs is 1. The Kier molecular flexibility index (Phi) is 25.1. The zero-order valence-electron chi connectivity index (χ0n) is 31.7. The van der Waals surface area contributed by atoms with E-state index in [4.69, 9.17) is 23.4 Å². The van der Waals surface area contributed by atoms with Crippen molar-refractivity contribution in [3.8, 4) is 5.75 Å². The fourth-order valence-electron chi connectivity index (χ4n) is 6.08. The van der Waals surface area contributed by atoms with Crippen LogP contribution in [0.3, 0.4) is 0 Å². The Balaban J connectivity index is 1.65. The number of hydrogen-bond acceptors (Lipinski definition) is 8. The van der Waals surface area contributed by atoms with Gasteiger partial charge in [0.05, 0.1) is 6.61 Å². The van der Waals surface area contributed by atoms with Gasteiger partial charge >= 0.3 is 17.6 Å². The Bertz CT molecular complexity index is 1220. The standard InChI is InChI=1S/C42H68O8/c1-4-6-8-10-12-14-16-18-20-22-29-46-33-37(47-30-23-21-19-17-15-13-11-9-7-5-2)34-48-40(43)25-24-26-41(44)49-36-27-28-38-35(3)31-42(45)50-39(38)32-36/h27-28,31-32,37H,4-26,29-30,33-34H2,1-3H3. The van der Waals surface area contributed by atoms with Gasteiger partial charge in [-0.25, -0.2) is 4.79 Å². The van der Waals surface area contributed by atoms with Crippen LogP contribution in [-0.4, -0.2) is 44.5 Å². The number of unbranched alkanes of at least 4 members (excludes halogenated alkanes) is 18. The van der Waals surface area contributed by atoms with E-state index in [2.05, 4.69) is 13.8 Å². The van der Waals surface area contributed by atoms with Crippen molar-refractivity contribution in [1.82, 2.24) is 0 Å². The summed E-state index contributed by atoms with van der Waals surface area (Å²) >= 11 is 0. The molecule has 50 heavy (non-hydrogen) atoms. The molecule has 0 aliphatic rings. The molecule has 0 aliphatic carbocycles. The first-order valence-corrected chi connectivity index (χ1v) is 20.0. The zero-order chi connectivity index (χ0) is 36.1. The third-order valence-electron chi connectivity index (χ3n) is 9.14. The van der Waals surface area contributed by atoms with Crippen LogP contribution in [0.5, 0.6) is 5.75 Å². The molecule has 0 aliphatic heterocycles. The summed E-state index contributed by atoms with van der Waals surface area (Å²) in [4.78, 5) is 36.6. The van der Waals surface area contributed by atoms with Crippen LogP contribution >= 0.6 is 0 Å². The van der Waals surface area contributed by atoms with Gasteiger partial charge in [0.15, 0.2) is 0 Å². The molecule has 0 saturated carbocycles. The molecule has 0 fully saturated rings. The van der Waals surface area contributed by atoms with Gasteiger partial charge in [-0.1, -0.05) is 129 Å². The predicted octanol–water partition coefficient (Wildman–Crippen LogP) is 11.0. The summed E-state index contributed by atoms with van der Waals surface area (Å²) in [6, 6.07) is 6.37. The molecule has 0 bridgehead atoms. The predicted molar refractivity (Wildman–Crippen MR) is 202 cm³/mol. The molecule has 0 N–H and O–H groups in total. The Morgan fingerprint density at radius 2 is 1.18 bits per heavy atom. The van der Waals surface area contributed by atoms with Crippen LogP contribution < -0.4 is 10.4 Å². The van der Waals surface area contributed by atoms with Crippen LogP contribution in [-0.2, 0) is 23.8 Å². The molecule has 0 radical (unpaired) electrons. The SMILES string of the molecule is CCCCCCCCCCCCOCC(COC(=O)CCCC(=O)Oc1ccc2c(C)cc(=O)oc2c1)OCCCCCCCCCCCC. The topological polar surface area (TPSA) is 101 Å². The van der Waals surface area contributed by atoms with Crippen LogP contribution in [0, 0.1) is 6.92 Å². The van der Waals surface area contributed by atoms with Crippen molar-refractivity contribution >= 4 is 22.9 Å². The average Bonchev–Trinajstić information content (AvgIpc) is 3.09. The van der Waals surface area contributed by atoms with Crippen molar-refractivity contribution < 1.29 is 33.0 Å². The number of esters is 2. The molecule has 2 aromatic rings. The van der Waals surface area contributed by atoms with E-state index >= 15 is 0 Å². The third kappa shape index (κ3) is 21.5. The summed E-state index contributed by atoms with van der Waals surface area (Å²) in [6.45, 7) is 8.19. The van der Waals surface area contributed by atoms with E-state index in [0.717, 1.165) is 30.2 Å².